The third-order valence-electron chi connectivity index (χ3n) is 2.63. The Balaban J connectivity index is 2.48. The van der Waals surface area contributed by atoms with E-state index >= 15 is 0 Å². The standard InChI is InChI=1S/C13H19Cl2NO2/c1-16-12(9-18-6-5-17-2)8-10-7-11(14)3-4-13(10)15/h3-4,7,12,16H,5-6,8-9H2,1-2H3. The molecule has 0 aliphatic heterocycles. The third-order valence-corrected chi connectivity index (χ3v) is 3.24. The number of nitrogens with one attached hydrogen (secondary N) is 1. The smallest absolute Gasteiger partial charge is 0.0701 e. The van der Waals surface area contributed by atoms with Crippen molar-refractivity contribution in [1.29, 1.82) is 0 Å². The maximum atomic E-state index is 6.13. The average molecular weight is 292 g/mol. The molecule has 0 amide bonds. The average Bonchev–Trinajstić information content (AvgIpc) is 2.37. The molecule has 1 aromatic rings. The molecule has 1 N–H and O–H groups in total. The highest BCUT2D eigenvalue weighted by atomic mass is 35.5. The first-order valence-corrected chi connectivity index (χ1v) is 6.60. The van der Waals surface area contributed by atoms with Crippen molar-refractivity contribution >= 4 is 23.2 Å². The van der Waals surface area contributed by atoms with E-state index in [0.717, 1.165) is 17.0 Å². The molecule has 1 aromatic carbocycles. The van der Waals surface area contributed by atoms with Crippen molar-refractivity contribution < 1.29 is 9.47 Å². The van der Waals surface area contributed by atoms with Gasteiger partial charge in [-0.05, 0) is 37.2 Å². The molecule has 0 bridgehead atoms. The fourth-order valence-electron chi connectivity index (χ4n) is 1.58. The van der Waals surface area contributed by atoms with Gasteiger partial charge in [-0.25, -0.2) is 0 Å². The summed E-state index contributed by atoms with van der Waals surface area (Å²) in [6.45, 7) is 1.81. The number of ether oxygens (including phenoxy) is 2. The van der Waals surface area contributed by atoms with E-state index in [1.807, 2.05) is 19.2 Å². The van der Waals surface area contributed by atoms with Crippen LogP contribution in [0.15, 0.2) is 18.2 Å². The second-order valence-electron chi connectivity index (χ2n) is 3.99. The second kappa shape index (κ2) is 8.73. The van der Waals surface area contributed by atoms with E-state index in [1.54, 1.807) is 13.2 Å². The lowest BCUT2D eigenvalue weighted by Gasteiger charge is -2.17. The summed E-state index contributed by atoms with van der Waals surface area (Å²) in [5, 5.41) is 4.64. The minimum atomic E-state index is 0.206. The number of halogens is 2. The molecule has 1 rings (SSSR count). The summed E-state index contributed by atoms with van der Waals surface area (Å²) in [4.78, 5) is 0. The molecule has 1 atom stereocenters. The predicted molar refractivity (Wildman–Crippen MR) is 75.7 cm³/mol. The normalized spacial score (nSPS) is 12.7. The highest BCUT2D eigenvalue weighted by Crippen LogP contribution is 2.21. The summed E-state index contributed by atoms with van der Waals surface area (Å²) in [5.74, 6) is 0. The summed E-state index contributed by atoms with van der Waals surface area (Å²) in [6.07, 6.45) is 0.781. The quantitative estimate of drug-likeness (QED) is 0.747. The van der Waals surface area contributed by atoms with Crippen LogP contribution in [0.3, 0.4) is 0 Å². The van der Waals surface area contributed by atoms with E-state index in [0.29, 0.717) is 24.8 Å². The molecule has 0 saturated carbocycles. The molecule has 0 heterocycles. The monoisotopic (exact) mass is 291 g/mol. The van der Waals surface area contributed by atoms with Crippen molar-refractivity contribution in [2.24, 2.45) is 0 Å². The van der Waals surface area contributed by atoms with Crippen LogP contribution in [0.2, 0.25) is 10.0 Å². The fourth-order valence-corrected chi connectivity index (χ4v) is 1.97. The molecule has 0 aliphatic rings. The molecule has 0 aliphatic carbocycles. The van der Waals surface area contributed by atoms with Gasteiger partial charge in [0.05, 0.1) is 19.8 Å². The van der Waals surface area contributed by atoms with Crippen LogP contribution in [-0.4, -0.2) is 40.0 Å². The van der Waals surface area contributed by atoms with Gasteiger partial charge in [0, 0.05) is 23.2 Å². The number of rotatable bonds is 8. The Kier molecular flexibility index (Phi) is 7.63. The zero-order valence-corrected chi connectivity index (χ0v) is 12.2. The van der Waals surface area contributed by atoms with Crippen LogP contribution in [0.4, 0.5) is 0 Å². The van der Waals surface area contributed by atoms with Crippen molar-refractivity contribution in [2.45, 2.75) is 12.5 Å². The Bertz CT molecular complexity index is 361. The van der Waals surface area contributed by atoms with Crippen LogP contribution < -0.4 is 5.32 Å². The van der Waals surface area contributed by atoms with Crippen LogP contribution in [0.1, 0.15) is 5.56 Å². The largest absolute Gasteiger partial charge is 0.382 e. The first-order chi connectivity index (χ1) is 8.67. The zero-order valence-electron chi connectivity index (χ0n) is 10.7. The lowest BCUT2D eigenvalue weighted by molar-refractivity contribution is 0.0598. The number of hydrogen-bond acceptors (Lipinski definition) is 3. The number of likely N-dealkylation sites (N-methyl/N-ethyl adjacent to an activating group) is 1. The number of benzene rings is 1. The fraction of sp³-hybridized carbons (Fsp3) is 0.538. The van der Waals surface area contributed by atoms with E-state index in [-0.39, 0.29) is 6.04 Å². The molecule has 0 fully saturated rings. The van der Waals surface area contributed by atoms with Gasteiger partial charge in [0.15, 0.2) is 0 Å². The predicted octanol–water partition coefficient (Wildman–Crippen LogP) is 2.79. The molecule has 0 saturated heterocycles. The SMILES string of the molecule is CNC(COCCOC)Cc1cc(Cl)ccc1Cl. The van der Waals surface area contributed by atoms with Gasteiger partial charge in [0.25, 0.3) is 0 Å². The van der Waals surface area contributed by atoms with Crippen molar-refractivity contribution in [2.75, 3.05) is 34.0 Å². The molecule has 18 heavy (non-hydrogen) atoms. The van der Waals surface area contributed by atoms with Crippen molar-refractivity contribution in [3.05, 3.63) is 33.8 Å². The summed E-state index contributed by atoms with van der Waals surface area (Å²) >= 11 is 12.1. The Morgan fingerprint density at radius 3 is 2.72 bits per heavy atom. The summed E-state index contributed by atoms with van der Waals surface area (Å²) in [5.41, 5.74) is 1.03. The summed E-state index contributed by atoms with van der Waals surface area (Å²) in [6, 6.07) is 5.70. The van der Waals surface area contributed by atoms with Gasteiger partial charge >= 0.3 is 0 Å². The van der Waals surface area contributed by atoms with E-state index in [1.165, 1.54) is 0 Å². The second-order valence-corrected chi connectivity index (χ2v) is 4.84. The van der Waals surface area contributed by atoms with Crippen LogP contribution in [0, 0.1) is 0 Å². The van der Waals surface area contributed by atoms with Gasteiger partial charge in [0.1, 0.15) is 0 Å². The molecular formula is C13H19Cl2NO2. The first-order valence-electron chi connectivity index (χ1n) is 5.85. The molecule has 5 heteroatoms. The van der Waals surface area contributed by atoms with Gasteiger partial charge in [-0.2, -0.15) is 0 Å². The lowest BCUT2D eigenvalue weighted by Crippen LogP contribution is -2.33. The lowest BCUT2D eigenvalue weighted by atomic mass is 10.1. The topological polar surface area (TPSA) is 30.5 Å². The maximum Gasteiger partial charge on any atom is 0.0701 e. The summed E-state index contributed by atoms with van der Waals surface area (Å²) in [7, 11) is 3.56. The minimum Gasteiger partial charge on any atom is -0.382 e. The molecule has 102 valence electrons. The van der Waals surface area contributed by atoms with E-state index in [2.05, 4.69) is 5.32 Å². The molecular weight excluding hydrogens is 273 g/mol. The highest BCUT2D eigenvalue weighted by Gasteiger charge is 2.10. The molecule has 3 nitrogen and oxygen atoms in total. The maximum absolute atomic E-state index is 6.13. The van der Waals surface area contributed by atoms with Gasteiger partial charge in [-0.3, -0.25) is 0 Å². The van der Waals surface area contributed by atoms with E-state index < -0.39 is 0 Å². The van der Waals surface area contributed by atoms with Gasteiger partial charge < -0.3 is 14.8 Å². The number of methoxy groups -OCH3 is 1. The molecule has 1 unspecified atom stereocenters. The van der Waals surface area contributed by atoms with Gasteiger partial charge in [-0.15, -0.1) is 0 Å². The van der Waals surface area contributed by atoms with Gasteiger partial charge in [0.2, 0.25) is 0 Å². The molecule has 0 radical (unpaired) electrons. The Hall–Kier alpha value is -0.320. The minimum absolute atomic E-state index is 0.206. The third kappa shape index (κ3) is 5.55. The summed E-state index contributed by atoms with van der Waals surface area (Å²) < 4.78 is 10.4. The Labute approximate surface area is 118 Å². The molecule has 0 spiro atoms. The van der Waals surface area contributed by atoms with Gasteiger partial charge in [-0.1, -0.05) is 23.2 Å². The van der Waals surface area contributed by atoms with E-state index in [9.17, 15) is 0 Å². The van der Waals surface area contributed by atoms with Crippen molar-refractivity contribution in [3.8, 4) is 0 Å². The zero-order chi connectivity index (χ0) is 13.4. The highest BCUT2D eigenvalue weighted by molar-refractivity contribution is 6.33. The van der Waals surface area contributed by atoms with E-state index in [4.69, 9.17) is 32.7 Å². The Morgan fingerprint density at radius 2 is 2.06 bits per heavy atom. The van der Waals surface area contributed by atoms with Crippen LogP contribution in [0.5, 0.6) is 0 Å². The molecule has 0 aromatic heterocycles. The first kappa shape index (κ1) is 15.7. The van der Waals surface area contributed by atoms with Crippen LogP contribution in [-0.2, 0) is 15.9 Å². The van der Waals surface area contributed by atoms with Crippen molar-refractivity contribution in [3.63, 3.8) is 0 Å². The van der Waals surface area contributed by atoms with Crippen LogP contribution in [0.25, 0.3) is 0 Å². The Morgan fingerprint density at radius 1 is 1.28 bits per heavy atom. The van der Waals surface area contributed by atoms with Crippen LogP contribution >= 0.6 is 23.2 Å². The number of hydrogen-bond donors (Lipinski definition) is 1. The van der Waals surface area contributed by atoms with Crippen molar-refractivity contribution in [1.82, 2.24) is 5.32 Å².